The number of hydrogen-bond acceptors (Lipinski definition) is 1. The highest BCUT2D eigenvalue weighted by molar-refractivity contribution is 14.1. The van der Waals surface area contributed by atoms with Gasteiger partial charge in [0.1, 0.15) is 0 Å². The van der Waals surface area contributed by atoms with Crippen molar-refractivity contribution in [3.63, 3.8) is 0 Å². The summed E-state index contributed by atoms with van der Waals surface area (Å²) in [5.41, 5.74) is 0. The second-order valence-electron chi connectivity index (χ2n) is 0.988. The molecular weight excluding hydrogens is 330 g/mol. The van der Waals surface area contributed by atoms with Crippen LogP contribution in [0.15, 0.2) is 20.3 Å². The normalized spacial score (nSPS) is 11.2. The van der Waals surface area contributed by atoms with E-state index in [0.29, 0.717) is 0 Å². The van der Waals surface area contributed by atoms with E-state index in [1.165, 1.54) is 12.2 Å². The first-order chi connectivity index (χ1) is 3.81. The van der Waals surface area contributed by atoms with E-state index in [9.17, 15) is 4.79 Å². The van der Waals surface area contributed by atoms with E-state index in [2.05, 4.69) is 0 Å². The third-order valence-corrected chi connectivity index (χ3v) is 1.17. The minimum Gasteiger partial charge on any atom is -0.290 e. The molecule has 0 aliphatic rings. The van der Waals surface area contributed by atoms with Crippen molar-refractivity contribution in [3.05, 3.63) is 20.3 Å². The lowest BCUT2D eigenvalue weighted by Crippen LogP contribution is -1.80. The molecule has 0 saturated carbocycles. The van der Waals surface area contributed by atoms with Gasteiger partial charge in [-0.2, -0.15) is 0 Å². The zero-order valence-corrected chi connectivity index (χ0v) is 8.29. The molecule has 0 rings (SSSR count). The van der Waals surface area contributed by atoms with Gasteiger partial charge in [0.25, 0.3) is 0 Å². The molecule has 0 unspecified atom stereocenters. The van der Waals surface area contributed by atoms with Gasteiger partial charge >= 0.3 is 0 Å². The third-order valence-electron chi connectivity index (χ3n) is 0.455. The van der Waals surface area contributed by atoms with Crippen LogP contribution in [0.1, 0.15) is 0 Å². The molecule has 0 spiro atoms. The van der Waals surface area contributed by atoms with Gasteiger partial charge in [0.05, 0.1) is 0 Å². The molecule has 0 aromatic carbocycles. The highest BCUT2D eigenvalue weighted by Crippen LogP contribution is 1.89. The molecule has 0 aromatic rings. The average molecular weight is 334 g/mol. The van der Waals surface area contributed by atoms with Crippen molar-refractivity contribution in [1.29, 1.82) is 0 Å². The maximum Gasteiger partial charge on any atom is 0.179 e. The number of rotatable bonds is 2. The summed E-state index contributed by atoms with van der Waals surface area (Å²) < 4.78 is 3.38. The quantitative estimate of drug-likeness (QED) is 0.560. The first kappa shape index (κ1) is 8.61. The highest BCUT2D eigenvalue weighted by Gasteiger charge is 1.81. The van der Waals surface area contributed by atoms with E-state index >= 15 is 0 Å². The molecule has 0 N–H and O–H groups in total. The van der Waals surface area contributed by atoms with E-state index in [4.69, 9.17) is 0 Å². The third kappa shape index (κ3) is 4.76. The molecule has 0 atom stereocenters. The molecule has 0 radical (unpaired) electrons. The van der Waals surface area contributed by atoms with Crippen LogP contribution in [0.5, 0.6) is 0 Å². The van der Waals surface area contributed by atoms with Gasteiger partial charge in [0.15, 0.2) is 5.78 Å². The maximum absolute atomic E-state index is 10.5. The van der Waals surface area contributed by atoms with Crippen LogP contribution in [0.3, 0.4) is 0 Å². The van der Waals surface area contributed by atoms with Gasteiger partial charge in [0, 0.05) is 0 Å². The van der Waals surface area contributed by atoms with Crippen molar-refractivity contribution >= 4 is 51.0 Å². The van der Waals surface area contributed by atoms with Crippen LogP contribution >= 0.6 is 45.2 Å². The highest BCUT2D eigenvalue weighted by atomic mass is 127. The molecule has 0 aliphatic carbocycles. The van der Waals surface area contributed by atoms with Crippen molar-refractivity contribution in [2.24, 2.45) is 0 Å². The molecule has 1 nitrogen and oxygen atoms in total. The fraction of sp³-hybridized carbons (Fsp3) is 0. The van der Waals surface area contributed by atoms with Gasteiger partial charge < -0.3 is 0 Å². The first-order valence-corrected chi connectivity index (χ1v) is 4.38. The van der Waals surface area contributed by atoms with Gasteiger partial charge in [-0.25, -0.2) is 0 Å². The van der Waals surface area contributed by atoms with Crippen LogP contribution < -0.4 is 0 Å². The topological polar surface area (TPSA) is 17.1 Å². The monoisotopic (exact) mass is 334 g/mol. The Balaban J connectivity index is 3.66. The zero-order valence-electron chi connectivity index (χ0n) is 3.97. The lowest BCUT2D eigenvalue weighted by Gasteiger charge is -1.73. The Morgan fingerprint density at radius 1 is 1.12 bits per heavy atom. The average Bonchev–Trinajstić information content (AvgIpc) is 1.68. The Hall–Kier alpha value is 0.610. The number of halogens is 2. The predicted octanol–water partition coefficient (Wildman–Crippen LogP) is 2.45. The number of carbonyl (C=O) groups excluding carboxylic acids is 1. The number of ketones is 1. The molecule has 8 heavy (non-hydrogen) atoms. The molecule has 3 heteroatoms. The second kappa shape index (κ2) is 5.74. The summed E-state index contributed by atoms with van der Waals surface area (Å²) >= 11 is 4.01. The largest absolute Gasteiger partial charge is 0.290 e. The SMILES string of the molecule is O=C(/C=C/I)/C=C/I. The summed E-state index contributed by atoms with van der Waals surface area (Å²) in [6, 6.07) is 0. The number of hydrogen-bond donors (Lipinski definition) is 0. The van der Waals surface area contributed by atoms with Crippen LogP contribution in [0.4, 0.5) is 0 Å². The summed E-state index contributed by atoms with van der Waals surface area (Å²) in [5.74, 6) is 0.0359. The molecule has 0 bridgehead atoms. The number of allylic oxidation sites excluding steroid dienone is 2. The molecule has 0 aliphatic heterocycles. The van der Waals surface area contributed by atoms with Crippen LogP contribution in [0.25, 0.3) is 0 Å². The van der Waals surface area contributed by atoms with Crippen molar-refractivity contribution in [2.75, 3.05) is 0 Å². The van der Waals surface area contributed by atoms with E-state index in [-0.39, 0.29) is 5.78 Å². The lowest BCUT2D eigenvalue weighted by molar-refractivity contribution is -0.110. The molecule has 0 heterocycles. The van der Waals surface area contributed by atoms with Crippen LogP contribution in [-0.2, 0) is 4.79 Å². The Morgan fingerprint density at radius 2 is 1.50 bits per heavy atom. The predicted molar refractivity (Wildman–Crippen MR) is 51.3 cm³/mol. The van der Waals surface area contributed by atoms with Gasteiger partial charge in [-0.05, 0) is 20.3 Å². The smallest absolute Gasteiger partial charge is 0.179 e. The van der Waals surface area contributed by atoms with Crippen molar-refractivity contribution in [1.82, 2.24) is 0 Å². The first-order valence-electron chi connectivity index (χ1n) is 1.88. The second-order valence-corrected chi connectivity index (χ2v) is 2.43. The van der Waals surface area contributed by atoms with Gasteiger partial charge in [-0.3, -0.25) is 4.79 Å². The molecule has 0 aromatic heterocycles. The standard InChI is InChI=1S/C5H4I2O/c6-3-1-5(8)2-4-7/h1-4H/b3-1+,4-2+. The van der Waals surface area contributed by atoms with Gasteiger partial charge in [-0.1, -0.05) is 45.2 Å². The van der Waals surface area contributed by atoms with Crippen molar-refractivity contribution in [3.8, 4) is 0 Å². The summed E-state index contributed by atoms with van der Waals surface area (Å²) in [6.45, 7) is 0. The molecule has 0 fully saturated rings. The van der Waals surface area contributed by atoms with E-state index in [1.54, 1.807) is 8.17 Å². The Morgan fingerprint density at radius 3 is 1.75 bits per heavy atom. The number of carbonyl (C=O) groups is 1. The summed E-state index contributed by atoms with van der Waals surface area (Å²) in [5, 5.41) is 0. The van der Waals surface area contributed by atoms with Crippen molar-refractivity contribution in [2.45, 2.75) is 0 Å². The Bertz CT molecular complexity index is 112. The molecule has 0 saturated heterocycles. The molecular formula is C5H4I2O. The summed E-state index contributed by atoms with van der Waals surface area (Å²) in [7, 11) is 0. The fourth-order valence-corrected chi connectivity index (χ4v) is 0.889. The fourth-order valence-electron chi connectivity index (χ4n) is 0.180. The van der Waals surface area contributed by atoms with Crippen LogP contribution in [0.2, 0.25) is 0 Å². The van der Waals surface area contributed by atoms with E-state index in [1.807, 2.05) is 45.2 Å². The summed E-state index contributed by atoms with van der Waals surface area (Å²) in [4.78, 5) is 10.5. The lowest BCUT2D eigenvalue weighted by atomic mass is 10.4. The van der Waals surface area contributed by atoms with E-state index in [0.717, 1.165) is 0 Å². The Labute approximate surface area is 75.5 Å². The van der Waals surface area contributed by atoms with Crippen LogP contribution in [-0.4, -0.2) is 5.78 Å². The van der Waals surface area contributed by atoms with E-state index < -0.39 is 0 Å². The summed E-state index contributed by atoms with van der Waals surface area (Å²) in [6.07, 6.45) is 3.02. The van der Waals surface area contributed by atoms with Crippen molar-refractivity contribution < 1.29 is 4.79 Å². The van der Waals surface area contributed by atoms with Gasteiger partial charge in [0.2, 0.25) is 0 Å². The van der Waals surface area contributed by atoms with Crippen LogP contribution in [0, 0.1) is 0 Å². The van der Waals surface area contributed by atoms with Gasteiger partial charge in [-0.15, -0.1) is 0 Å². The minimum absolute atomic E-state index is 0.0359. The Kier molecular flexibility index (Phi) is 6.18. The zero-order chi connectivity index (χ0) is 6.41. The maximum atomic E-state index is 10.5. The minimum atomic E-state index is 0.0359. The molecule has 44 valence electrons. The molecule has 0 amide bonds.